The Labute approximate surface area is 72.8 Å². The molecule has 0 heterocycles. The number of hydrogen-bond acceptors (Lipinski definition) is 1. The van der Waals surface area contributed by atoms with Gasteiger partial charge in [0, 0.05) is 38.6 Å². The molecule has 0 fully saturated rings. The third-order valence-electron chi connectivity index (χ3n) is 0. The van der Waals surface area contributed by atoms with Gasteiger partial charge in [0.05, 0.1) is 0 Å². The van der Waals surface area contributed by atoms with Crippen LogP contribution in [0, 0.1) is 38.6 Å². The number of halogens is 2. The largest absolute Gasteiger partial charge is 0.230 e. The summed E-state index contributed by atoms with van der Waals surface area (Å²) >= 11 is 5.12. The van der Waals surface area contributed by atoms with Crippen LogP contribution < -0.4 is 0 Å². The van der Waals surface area contributed by atoms with E-state index in [9.17, 15) is 0 Å². The van der Waals surface area contributed by atoms with E-state index in [0.29, 0.717) is 0 Å². The normalized spacial score (nSPS) is 4.50. The van der Waals surface area contributed by atoms with Gasteiger partial charge in [0.25, 0.3) is 0 Å². The molecule has 0 saturated heterocycles. The van der Waals surface area contributed by atoms with Crippen molar-refractivity contribution in [1.82, 2.24) is 0 Å². The van der Waals surface area contributed by atoms with Gasteiger partial charge >= 0.3 is 0 Å². The minimum atomic E-state index is 0. The van der Waals surface area contributed by atoms with E-state index in [1.54, 1.807) is 0 Å². The van der Waals surface area contributed by atoms with Crippen LogP contribution in [0.25, 0.3) is 0 Å². The molecule has 0 atom stereocenters. The van der Waals surface area contributed by atoms with Gasteiger partial charge in [-0.05, 0) is 0 Å². The Bertz CT molecular complexity index is 6.00. The van der Waals surface area contributed by atoms with E-state index in [2.05, 4.69) is 35.4 Å². The van der Waals surface area contributed by atoms with Gasteiger partial charge < -0.3 is 0 Å². The second-order valence-electron chi connectivity index (χ2n) is 0.0583. The molecule has 0 rings (SSSR count). The summed E-state index contributed by atoms with van der Waals surface area (Å²) in [6.07, 6.45) is 0. The van der Waals surface area contributed by atoms with Crippen LogP contribution in [0.5, 0.6) is 0 Å². The van der Waals surface area contributed by atoms with Crippen LogP contribution in [-0.4, -0.2) is 0 Å². The quantitative estimate of drug-likeness (QED) is 0.654. The molecule has 1 radical (unpaired) electrons. The van der Waals surface area contributed by atoms with Crippen LogP contribution in [-0.2, 0) is 2.92 Å². The molecule has 0 saturated carbocycles. The summed E-state index contributed by atoms with van der Waals surface area (Å²) in [5.74, 6) is 0. The maximum Gasteiger partial charge on any atom is 0.115 e. The third kappa shape index (κ3) is 8.88. The zero-order valence-electron chi connectivity index (χ0n) is 1.50. The van der Waals surface area contributed by atoms with Gasteiger partial charge in [0.1, 0.15) is 32.5 Å². The Morgan fingerprint density at radius 2 is 1.25 bits per heavy atom. The second-order valence-corrected chi connectivity index (χ2v) is 1.57. The van der Waals surface area contributed by atoms with Crippen molar-refractivity contribution in [3.8, 4) is 0 Å². The van der Waals surface area contributed by atoms with Crippen molar-refractivity contribution in [2.24, 2.45) is 0 Å². The van der Waals surface area contributed by atoms with E-state index in [-0.39, 0.29) is 38.6 Å². The Morgan fingerprint density at radius 1 is 1.25 bits per heavy atom. The van der Waals surface area contributed by atoms with Crippen LogP contribution in [0.3, 0.4) is 0 Å². The van der Waals surface area contributed by atoms with Crippen molar-refractivity contribution in [3.05, 3.63) is 0 Å². The van der Waals surface area contributed by atoms with Gasteiger partial charge in [0.15, 0.2) is 0 Å². The molecule has 0 bridgehead atoms. The van der Waals surface area contributed by atoms with E-state index < -0.39 is 0 Å². The minimum absolute atomic E-state index is 0. The Balaban J connectivity index is 0. The topological polar surface area (TPSA) is 9.23 Å². The Hall–Kier alpha value is 2.21. The average Bonchev–Trinajstić information content (AvgIpc) is 0.918. The van der Waals surface area contributed by atoms with Crippen molar-refractivity contribution < 1.29 is 41.5 Å². The Kier molecular flexibility index (Phi) is 21.3. The summed E-state index contributed by atoms with van der Waals surface area (Å²) < 4.78 is 3.88. The van der Waals surface area contributed by atoms with Crippen molar-refractivity contribution >= 4 is 32.5 Å². The molecule has 0 aromatic carbocycles. The van der Waals surface area contributed by atoms with Gasteiger partial charge in [-0.15, -0.1) is 0 Å². The summed E-state index contributed by atoms with van der Waals surface area (Å²) in [5, 5.41) is 0. The van der Waals surface area contributed by atoms with Crippen molar-refractivity contribution in [1.29, 1.82) is 0 Å². The fraction of sp³-hybridized carbons (Fsp3) is 0. The molecule has 0 aliphatic rings. The van der Waals surface area contributed by atoms with Gasteiger partial charge in [-0.2, -0.15) is 0 Å². The molecule has 1 nitrogen and oxygen atoms in total. The SMILES string of the molecule is BrOBr.[Tb]. The van der Waals surface area contributed by atoms with Gasteiger partial charge in [-0.25, -0.2) is 2.92 Å². The van der Waals surface area contributed by atoms with E-state index in [4.69, 9.17) is 0 Å². The standard InChI is InChI=1S/Br2O.Tb/c1-3-2;. The number of rotatable bonds is 0. The van der Waals surface area contributed by atoms with Gasteiger partial charge in [-0.1, -0.05) is 0 Å². The van der Waals surface area contributed by atoms with Crippen molar-refractivity contribution in [2.45, 2.75) is 0 Å². The van der Waals surface area contributed by atoms with Crippen molar-refractivity contribution in [3.63, 3.8) is 0 Å². The number of hydrogen-bond donors (Lipinski definition) is 0. The molecule has 4 heavy (non-hydrogen) atoms. The summed E-state index contributed by atoms with van der Waals surface area (Å²) in [6.45, 7) is 0. The molecule has 0 aromatic heterocycles. The zero-order chi connectivity index (χ0) is 2.71. The fourth-order valence-electron chi connectivity index (χ4n) is 0. The summed E-state index contributed by atoms with van der Waals surface area (Å²) in [4.78, 5) is 0. The summed E-state index contributed by atoms with van der Waals surface area (Å²) in [7, 11) is 0. The van der Waals surface area contributed by atoms with E-state index in [0.717, 1.165) is 0 Å². The predicted octanol–water partition coefficient (Wildman–Crippen LogP) is 1.62. The van der Waals surface area contributed by atoms with Gasteiger partial charge in [-0.3, -0.25) is 0 Å². The predicted molar refractivity (Wildman–Crippen MR) is 18.9 cm³/mol. The van der Waals surface area contributed by atoms with Crippen LogP contribution in [0.4, 0.5) is 0 Å². The molecular formula is Br2OTb. The zero-order valence-corrected chi connectivity index (χ0v) is 6.81. The molecule has 0 aliphatic carbocycles. The minimum Gasteiger partial charge on any atom is -0.230 e. The Morgan fingerprint density at radius 3 is 1.25 bits per heavy atom. The van der Waals surface area contributed by atoms with Crippen LogP contribution in [0.2, 0.25) is 0 Å². The second kappa shape index (κ2) is 8.96. The molecule has 4 heteroatoms. The van der Waals surface area contributed by atoms with Crippen LogP contribution in [0.1, 0.15) is 0 Å². The first-order valence-electron chi connectivity index (χ1n) is 0.309. The van der Waals surface area contributed by atoms with Crippen molar-refractivity contribution in [2.75, 3.05) is 0 Å². The molecular weight excluding hydrogens is 335 g/mol. The first-order valence-corrected chi connectivity index (χ1v) is 1.60. The molecule has 0 unspecified atom stereocenters. The smallest absolute Gasteiger partial charge is 0.115 e. The summed E-state index contributed by atoms with van der Waals surface area (Å²) in [6, 6.07) is 0. The monoisotopic (exact) mass is 333 g/mol. The van der Waals surface area contributed by atoms with E-state index in [1.807, 2.05) is 0 Å². The van der Waals surface area contributed by atoms with E-state index in [1.165, 1.54) is 0 Å². The average molecular weight is 335 g/mol. The van der Waals surface area contributed by atoms with Crippen LogP contribution in [0.15, 0.2) is 0 Å². The van der Waals surface area contributed by atoms with E-state index >= 15 is 0 Å². The van der Waals surface area contributed by atoms with Crippen LogP contribution >= 0.6 is 32.5 Å². The fourth-order valence-corrected chi connectivity index (χ4v) is 0. The first kappa shape index (κ1) is 9.51. The maximum atomic E-state index is 3.88. The summed E-state index contributed by atoms with van der Waals surface area (Å²) in [5.41, 5.74) is 0. The molecule has 29 valence electrons. The molecule has 0 N–H and O–H groups in total. The first-order chi connectivity index (χ1) is 1.41. The molecule has 0 amide bonds. The molecule has 0 aromatic rings. The third-order valence-corrected chi connectivity index (χ3v) is 0. The molecule has 0 aliphatic heterocycles. The maximum absolute atomic E-state index is 3.88. The van der Waals surface area contributed by atoms with Gasteiger partial charge in [0.2, 0.25) is 0 Å². The molecule has 0 spiro atoms.